The highest BCUT2D eigenvalue weighted by Gasteiger charge is 2.36. The monoisotopic (exact) mass is 432 g/mol. The molecule has 0 aromatic heterocycles. The van der Waals surface area contributed by atoms with E-state index in [1.807, 2.05) is 36.4 Å². The predicted octanol–water partition coefficient (Wildman–Crippen LogP) is 2.90. The number of benzene rings is 2. The summed E-state index contributed by atoms with van der Waals surface area (Å²) in [5.74, 6) is -1.28. The molecule has 0 radical (unpaired) electrons. The highest BCUT2D eigenvalue weighted by Crippen LogP contribution is 2.25. The summed E-state index contributed by atoms with van der Waals surface area (Å²) in [4.78, 5) is 38.9. The van der Waals surface area contributed by atoms with Crippen LogP contribution in [0.2, 0.25) is 0 Å². The van der Waals surface area contributed by atoms with Crippen LogP contribution in [0.15, 0.2) is 73.1 Å². The number of carbonyl (C=O) groups excluding carboxylic acids is 3. The Hall–Kier alpha value is -3.87. The lowest BCUT2D eigenvalue weighted by atomic mass is 9.99. The van der Waals surface area contributed by atoms with Crippen molar-refractivity contribution in [1.29, 1.82) is 0 Å². The highest BCUT2D eigenvalue weighted by molar-refractivity contribution is 6.06. The van der Waals surface area contributed by atoms with E-state index in [1.54, 1.807) is 19.1 Å². The normalized spacial score (nSPS) is 15.6. The average molecular weight is 433 g/mol. The summed E-state index contributed by atoms with van der Waals surface area (Å²) >= 11 is 0. The number of nitrogens with one attached hydrogen (secondary N) is 2. The number of nitrogen functional groups attached to an aromatic ring is 1. The first-order chi connectivity index (χ1) is 15.3. The molecule has 1 atom stereocenters. The average Bonchev–Trinajstić information content (AvgIpc) is 2.74. The van der Waals surface area contributed by atoms with Gasteiger partial charge in [-0.25, -0.2) is 0 Å². The van der Waals surface area contributed by atoms with Gasteiger partial charge in [-0.15, -0.1) is 0 Å². The van der Waals surface area contributed by atoms with E-state index in [2.05, 4.69) is 23.8 Å². The second-order valence-electron chi connectivity index (χ2n) is 7.88. The maximum absolute atomic E-state index is 13.6. The minimum atomic E-state index is -0.814. The van der Waals surface area contributed by atoms with Gasteiger partial charge < -0.3 is 16.0 Å². The maximum Gasteiger partial charge on any atom is 0.261 e. The van der Waals surface area contributed by atoms with Gasteiger partial charge in [0.2, 0.25) is 11.8 Å². The van der Waals surface area contributed by atoms with E-state index in [0.29, 0.717) is 35.5 Å². The molecule has 7 heteroatoms. The Bertz CT molecular complexity index is 1060. The van der Waals surface area contributed by atoms with Crippen LogP contribution < -0.4 is 16.4 Å². The van der Waals surface area contributed by atoms with Crippen molar-refractivity contribution in [3.63, 3.8) is 0 Å². The molecule has 32 heavy (non-hydrogen) atoms. The molecule has 1 unspecified atom stereocenters. The van der Waals surface area contributed by atoms with Gasteiger partial charge in [0, 0.05) is 36.5 Å². The molecule has 1 fully saturated rings. The second kappa shape index (κ2) is 9.96. The van der Waals surface area contributed by atoms with Crippen molar-refractivity contribution in [2.75, 3.05) is 5.73 Å². The second-order valence-corrected chi connectivity index (χ2v) is 7.88. The van der Waals surface area contributed by atoms with Crippen LogP contribution >= 0.6 is 0 Å². The minimum absolute atomic E-state index is 0.158. The number of allylic oxidation sites excluding steroid dienone is 2. The molecule has 1 aliphatic heterocycles. The fraction of sp³-hybridized carbons (Fsp3) is 0.240. The molecule has 1 aliphatic rings. The minimum Gasteiger partial charge on any atom is -0.398 e. The highest BCUT2D eigenvalue weighted by atomic mass is 16.2. The molecule has 1 heterocycles. The lowest BCUT2D eigenvalue weighted by Crippen LogP contribution is -2.53. The first-order valence-corrected chi connectivity index (χ1v) is 10.4. The quantitative estimate of drug-likeness (QED) is 0.440. The summed E-state index contributed by atoms with van der Waals surface area (Å²) in [6, 6.07) is 14.4. The molecule has 2 aromatic carbocycles. The van der Waals surface area contributed by atoms with Crippen LogP contribution in [0.25, 0.3) is 0 Å². The van der Waals surface area contributed by atoms with Gasteiger partial charge in [-0.1, -0.05) is 55.6 Å². The fourth-order valence-corrected chi connectivity index (χ4v) is 3.78. The van der Waals surface area contributed by atoms with Crippen LogP contribution in [0.5, 0.6) is 0 Å². The third-order valence-corrected chi connectivity index (χ3v) is 5.34. The van der Waals surface area contributed by atoms with E-state index in [4.69, 9.17) is 5.73 Å². The molecule has 3 rings (SSSR count). The van der Waals surface area contributed by atoms with E-state index >= 15 is 0 Å². The van der Waals surface area contributed by atoms with Gasteiger partial charge in [0.25, 0.3) is 5.91 Å². The van der Waals surface area contributed by atoms with E-state index < -0.39 is 17.9 Å². The zero-order valence-electron chi connectivity index (χ0n) is 18.2. The Kier molecular flexibility index (Phi) is 7.10. The number of nitrogens with zero attached hydrogens (tertiary/aromatic N) is 1. The number of nitrogens with two attached hydrogens (primary N) is 1. The Morgan fingerprint density at radius 3 is 2.53 bits per heavy atom. The Morgan fingerprint density at radius 2 is 1.88 bits per heavy atom. The van der Waals surface area contributed by atoms with Crippen LogP contribution in [-0.4, -0.2) is 28.7 Å². The molecule has 3 amide bonds. The van der Waals surface area contributed by atoms with Gasteiger partial charge in [-0.3, -0.25) is 19.7 Å². The topological polar surface area (TPSA) is 105 Å². The number of hydrogen-bond acceptors (Lipinski definition) is 5. The molecule has 0 aliphatic carbocycles. The lowest BCUT2D eigenvalue weighted by molar-refractivity contribution is -0.136. The summed E-state index contributed by atoms with van der Waals surface area (Å²) in [6.07, 6.45) is 1.05. The molecular formula is C25H28N4O3. The van der Waals surface area contributed by atoms with Gasteiger partial charge in [0.1, 0.15) is 6.04 Å². The largest absolute Gasteiger partial charge is 0.398 e. The van der Waals surface area contributed by atoms with E-state index in [1.165, 1.54) is 4.90 Å². The molecule has 0 spiro atoms. The summed E-state index contributed by atoms with van der Waals surface area (Å²) in [5.41, 5.74) is 9.82. The van der Waals surface area contributed by atoms with Crippen LogP contribution in [0.4, 0.5) is 5.69 Å². The molecule has 166 valence electrons. The first kappa shape index (κ1) is 22.8. The molecule has 0 saturated carbocycles. The maximum atomic E-state index is 13.6. The number of piperidine rings is 1. The van der Waals surface area contributed by atoms with Crippen molar-refractivity contribution in [3.8, 4) is 0 Å². The molecule has 0 bridgehead atoms. The van der Waals surface area contributed by atoms with E-state index in [-0.39, 0.29) is 18.7 Å². The SMILES string of the molecule is C=C(Cc1ccccc1)NCc1cccc(N)c1C(=O)N(C(=C)C)C1CCC(=O)NC1=O. The summed E-state index contributed by atoms with van der Waals surface area (Å²) in [7, 11) is 0. The van der Waals surface area contributed by atoms with Crippen LogP contribution in [0, 0.1) is 0 Å². The van der Waals surface area contributed by atoms with Crippen molar-refractivity contribution >= 4 is 23.4 Å². The Morgan fingerprint density at radius 1 is 1.16 bits per heavy atom. The standard InChI is InChI=1S/C25H28N4O3/c1-16(2)29(21-12-13-22(30)28-24(21)31)25(32)23-19(10-7-11-20(23)26)15-27-17(3)14-18-8-5-4-6-9-18/h4-11,21,27H,1,3,12-15,26H2,2H3,(H,28,30,31). The molecule has 4 N–H and O–H groups in total. The van der Waals surface area contributed by atoms with Gasteiger partial charge >= 0.3 is 0 Å². The van der Waals surface area contributed by atoms with Gasteiger partial charge in [0.05, 0.1) is 5.56 Å². The van der Waals surface area contributed by atoms with E-state index in [0.717, 1.165) is 11.3 Å². The van der Waals surface area contributed by atoms with E-state index in [9.17, 15) is 14.4 Å². The predicted molar refractivity (Wildman–Crippen MR) is 124 cm³/mol. The zero-order valence-corrected chi connectivity index (χ0v) is 18.2. The van der Waals surface area contributed by atoms with Crippen LogP contribution in [-0.2, 0) is 22.6 Å². The van der Waals surface area contributed by atoms with Gasteiger partial charge in [-0.05, 0) is 30.5 Å². The number of imide groups is 1. The van der Waals surface area contributed by atoms with Crippen LogP contribution in [0.3, 0.4) is 0 Å². The first-order valence-electron chi connectivity index (χ1n) is 10.4. The number of hydrogen-bond donors (Lipinski definition) is 3. The van der Waals surface area contributed by atoms with Crippen molar-refractivity contribution in [2.24, 2.45) is 0 Å². The summed E-state index contributed by atoms with van der Waals surface area (Å²) in [5, 5.41) is 5.56. The van der Waals surface area contributed by atoms with Crippen molar-refractivity contribution < 1.29 is 14.4 Å². The number of carbonyl (C=O) groups is 3. The van der Waals surface area contributed by atoms with Crippen molar-refractivity contribution in [1.82, 2.24) is 15.5 Å². The van der Waals surface area contributed by atoms with Gasteiger partial charge in [-0.2, -0.15) is 0 Å². The summed E-state index contributed by atoms with van der Waals surface area (Å²) < 4.78 is 0. The number of anilines is 1. The number of amides is 3. The van der Waals surface area contributed by atoms with Crippen molar-refractivity contribution in [2.45, 2.75) is 38.8 Å². The molecule has 2 aromatic rings. The van der Waals surface area contributed by atoms with Crippen molar-refractivity contribution in [3.05, 3.63) is 89.8 Å². The molecule has 1 saturated heterocycles. The van der Waals surface area contributed by atoms with Gasteiger partial charge in [0.15, 0.2) is 0 Å². The fourth-order valence-electron chi connectivity index (χ4n) is 3.78. The number of rotatable bonds is 8. The third kappa shape index (κ3) is 5.24. The Balaban J connectivity index is 1.81. The third-order valence-electron chi connectivity index (χ3n) is 5.34. The molecular weight excluding hydrogens is 404 g/mol. The summed E-state index contributed by atoms with van der Waals surface area (Å²) in [6.45, 7) is 9.96. The molecule has 7 nitrogen and oxygen atoms in total. The zero-order chi connectivity index (χ0) is 23.3. The Labute approximate surface area is 188 Å². The van der Waals surface area contributed by atoms with Crippen LogP contribution in [0.1, 0.15) is 41.3 Å². The smallest absolute Gasteiger partial charge is 0.261 e. The lowest BCUT2D eigenvalue weighted by Gasteiger charge is -2.33.